The molecule has 0 aliphatic heterocycles. The third-order valence-electron chi connectivity index (χ3n) is 0.402. The molecule has 0 aromatic rings. The maximum Gasteiger partial charge on any atom is 0.228 e. The highest BCUT2D eigenvalue weighted by molar-refractivity contribution is 8.76. The number of nitrogens with two attached hydrogens (primary N) is 1. The Hall–Kier alpha value is 0.170. The van der Waals surface area contributed by atoms with Crippen molar-refractivity contribution in [3.63, 3.8) is 0 Å². The Balaban J connectivity index is 2.82. The normalized spacial score (nSPS) is 9.12. The SMILES string of the molecule is CCSSCC(N)=O. The number of amides is 1. The van der Waals surface area contributed by atoms with Gasteiger partial charge >= 0.3 is 0 Å². The van der Waals surface area contributed by atoms with Crippen molar-refractivity contribution in [1.29, 1.82) is 0 Å². The quantitative estimate of drug-likeness (QED) is 0.479. The molecular weight excluding hydrogens is 142 g/mol. The van der Waals surface area contributed by atoms with Crippen molar-refractivity contribution < 1.29 is 4.79 Å². The van der Waals surface area contributed by atoms with E-state index >= 15 is 0 Å². The van der Waals surface area contributed by atoms with Crippen LogP contribution in [0.1, 0.15) is 6.92 Å². The van der Waals surface area contributed by atoms with Crippen molar-refractivity contribution in [1.82, 2.24) is 0 Å². The van der Waals surface area contributed by atoms with Gasteiger partial charge in [-0.1, -0.05) is 28.5 Å². The van der Waals surface area contributed by atoms with Gasteiger partial charge in [0.25, 0.3) is 0 Å². The van der Waals surface area contributed by atoms with Crippen molar-refractivity contribution in [3.8, 4) is 0 Å². The molecule has 0 heterocycles. The first kappa shape index (κ1) is 8.17. The molecule has 0 aliphatic carbocycles. The summed E-state index contributed by atoms with van der Waals surface area (Å²) in [5.41, 5.74) is 4.86. The molecular formula is C4H9NOS2. The van der Waals surface area contributed by atoms with E-state index < -0.39 is 0 Å². The van der Waals surface area contributed by atoms with Crippen LogP contribution < -0.4 is 5.73 Å². The van der Waals surface area contributed by atoms with Crippen LogP contribution in [0.25, 0.3) is 0 Å². The van der Waals surface area contributed by atoms with Crippen molar-refractivity contribution in [2.24, 2.45) is 5.73 Å². The van der Waals surface area contributed by atoms with Gasteiger partial charge in [-0.3, -0.25) is 4.79 Å². The molecule has 0 saturated carbocycles. The Morgan fingerprint density at radius 2 is 2.25 bits per heavy atom. The van der Waals surface area contributed by atoms with E-state index in [0.29, 0.717) is 5.75 Å². The van der Waals surface area contributed by atoms with Crippen LogP contribution in [0.5, 0.6) is 0 Å². The summed E-state index contributed by atoms with van der Waals surface area (Å²) in [6.07, 6.45) is 0. The number of rotatable bonds is 4. The minimum atomic E-state index is -0.240. The predicted octanol–water partition coefficient (Wildman–Crippen LogP) is 0.873. The number of primary amides is 1. The van der Waals surface area contributed by atoms with Crippen molar-refractivity contribution in [2.45, 2.75) is 6.92 Å². The maximum atomic E-state index is 10.1. The van der Waals surface area contributed by atoms with Gasteiger partial charge in [-0.05, 0) is 0 Å². The van der Waals surface area contributed by atoms with E-state index in [9.17, 15) is 4.79 Å². The van der Waals surface area contributed by atoms with Gasteiger partial charge in [0, 0.05) is 5.75 Å². The van der Waals surface area contributed by atoms with E-state index in [1.165, 1.54) is 10.8 Å². The summed E-state index contributed by atoms with van der Waals surface area (Å²) < 4.78 is 0. The molecule has 0 bridgehead atoms. The van der Waals surface area contributed by atoms with Gasteiger partial charge in [0.1, 0.15) is 0 Å². The number of hydrogen-bond acceptors (Lipinski definition) is 3. The molecule has 1 amide bonds. The average Bonchev–Trinajstić information content (AvgIpc) is 1.66. The molecule has 0 unspecified atom stereocenters. The summed E-state index contributed by atoms with van der Waals surface area (Å²) in [4.78, 5) is 10.1. The number of hydrogen-bond donors (Lipinski definition) is 1. The van der Waals surface area contributed by atoms with E-state index in [1.807, 2.05) is 6.92 Å². The van der Waals surface area contributed by atoms with E-state index in [2.05, 4.69) is 0 Å². The lowest BCUT2D eigenvalue weighted by Gasteiger charge is -1.90. The van der Waals surface area contributed by atoms with Crippen LogP contribution in [0.2, 0.25) is 0 Å². The van der Waals surface area contributed by atoms with Gasteiger partial charge in [0.05, 0.1) is 5.75 Å². The summed E-state index contributed by atoms with van der Waals surface area (Å²) >= 11 is 0. The Morgan fingerprint density at radius 1 is 1.62 bits per heavy atom. The molecule has 48 valence electrons. The van der Waals surface area contributed by atoms with E-state index in [4.69, 9.17) is 5.73 Å². The molecule has 0 radical (unpaired) electrons. The molecule has 0 aromatic carbocycles. The summed E-state index contributed by atoms with van der Waals surface area (Å²) in [6.45, 7) is 2.04. The average molecular weight is 151 g/mol. The molecule has 0 saturated heterocycles. The van der Waals surface area contributed by atoms with E-state index in [1.54, 1.807) is 10.8 Å². The molecule has 0 spiro atoms. The van der Waals surface area contributed by atoms with Gasteiger partial charge in [0.15, 0.2) is 0 Å². The first-order valence-corrected chi connectivity index (χ1v) is 4.79. The van der Waals surface area contributed by atoms with Gasteiger partial charge in [-0.25, -0.2) is 0 Å². The van der Waals surface area contributed by atoms with Gasteiger partial charge in [-0.15, -0.1) is 0 Å². The molecule has 0 fully saturated rings. The lowest BCUT2D eigenvalue weighted by molar-refractivity contribution is -0.115. The van der Waals surface area contributed by atoms with Gasteiger partial charge in [-0.2, -0.15) is 0 Å². The van der Waals surface area contributed by atoms with E-state index in [0.717, 1.165) is 5.75 Å². The van der Waals surface area contributed by atoms with Crippen LogP contribution in [0.3, 0.4) is 0 Å². The molecule has 2 N–H and O–H groups in total. The number of carbonyl (C=O) groups excluding carboxylic acids is 1. The van der Waals surface area contributed by atoms with Gasteiger partial charge in [0.2, 0.25) is 5.91 Å². The molecule has 0 atom stereocenters. The standard InChI is InChI=1S/C4H9NOS2/c1-2-7-8-3-4(5)6/h2-3H2,1H3,(H2,5,6). The van der Waals surface area contributed by atoms with E-state index in [-0.39, 0.29) is 5.91 Å². The second-order valence-corrected chi connectivity index (χ2v) is 3.89. The van der Waals surface area contributed by atoms with Crippen molar-refractivity contribution in [3.05, 3.63) is 0 Å². The Kier molecular flexibility index (Phi) is 5.42. The first-order valence-electron chi connectivity index (χ1n) is 2.30. The molecule has 0 aromatic heterocycles. The smallest absolute Gasteiger partial charge is 0.228 e. The minimum Gasteiger partial charge on any atom is -0.369 e. The zero-order chi connectivity index (χ0) is 6.41. The number of carbonyl (C=O) groups is 1. The Labute approximate surface area is 57.0 Å². The second-order valence-electron chi connectivity index (χ2n) is 1.14. The second kappa shape index (κ2) is 5.31. The Bertz CT molecular complexity index is 76.4. The van der Waals surface area contributed by atoms with Crippen LogP contribution in [0.4, 0.5) is 0 Å². The minimum absolute atomic E-state index is 0.240. The first-order chi connectivity index (χ1) is 3.77. The predicted molar refractivity (Wildman–Crippen MR) is 39.8 cm³/mol. The van der Waals surface area contributed by atoms with Crippen LogP contribution in [-0.2, 0) is 4.79 Å². The molecule has 0 rings (SSSR count). The van der Waals surface area contributed by atoms with Crippen LogP contribution in [0, 0.1) is 0 Å². The summed E-state index contributed by atoms with van der Waals surface area (Å²) in [6, 6.07) is 0. The summed E-state index contributed by atoms with van der Waals surface area (Å²) in [7, 11) is 3.16. The fourth-order valence-corrected chi connectivity index (χ4v) is 1.65. The fraction of sp³-hybridized carbons (Fsp3) is 0.750. The lowest BCUT2D eigenvalue weighted by Crippen LogP contribution is -2.12. The largest absolute Gasteiger partial charge is 0.369 e. The molecule has 2 nitrogen and oxygen atoms in total. The highest BCUT2D eigenvalue weighted by Crippen LogP contribution is 2.18. The van der Waals surface area contributed by atoms with Crippen LogP contribution >= 0.6 is 21.6 Å². The lowest BCUT2D eigenvalue weighted by atomic mass is 10.8. The van der Waals surface area contributed by atoms with Gasteiger partial charge < -0.3 is 5.73 Å². The monoisotopic (exact) mass is 151 g/mol. The topological polar surface area (TPSA) is 43.1 Å². The zero-order valence-electron chi connectivity index (χ0n) is 4.72. The maximum absolute atomic E-state index is 10.1. The Morgan fingerprint density at radius 3 is 2.62 bits per heavy atom. The molecule has 8 heavy (non-hydrogen) atoms. The van der Waals surface area contributed by atoms with Crippen LogP contribution in [0.15, 0.2) is 0 Å². The third kappa shape index (κ3) is 6.17. The third-order valence-corrected chi connectivity index (χ3v) is 2.77. The molecule has 0 aliphatic rings. The fourth-order valence-electron chi connectivity index (χ4n) is 0.183. The van der Waals surface area contributed by atoms with Crippen molar-refractivity contribution >= 4 is 27.5 Å². The highest BCUT2D eigenvalue weighted by Gasteiger charge is 1.91. The zero-order valence-corrected chi connectivity index (χ0v) is 6.35. The summed E-state index contributed by atoms with van der Waals surface area (Å²) in [5, 5.41) is 0. The van der Waals surface area contributed by atoms with Crippen LogP contribution in [-0.4, -0.2) is 17.4 Å². The van der Waals surface area contributed by atoms with Crippen molar-refractivity contribution in [2.75, 3.05) is 11.5 Å². The highest BCUT2D eigenvalue weighted by atomic mass is 33.1. The summed E-state index contributed by atoms with van der Waals surface area (Å²) in [5.74, 6) is 1.21. The molecule has 4 heteroatoms.